The van der Waals surface area contributed by atoms with E-state index in [9.17, 15) is 0 Å². The molecule has 4 heteroatoms. The molecule has 9 rings (SSSR count). The van der Waals surface area contributed by atoms with Gasteiger partial charge in [0.1, 0.15) is 0 Å². The predicted octanol–water partition coefficient (Wildman–Crippen LogP) is 9.77. The van der Waals surface area contributed by atoms with Crippen molar-refractivity contribution in [2.24, 2.45) is 4.99 Å². The van der Waals surface area contributed by atoms with Crippen LogP contribution in [0.3, 0.4) is 0 Å². The number of para-hydroxylation sites is 3. The fourth-order valence-electron chi connectivity index (χ4n) is 7.36. The van der Waals surface area contributed by atoms with Crippen molar-refractivity contribution in [1.82, 2.24) is 9.88 Å². The number of hydrogen-bond acceptors (Lipinski definition) is 3. The summed E-state index contributed by atoms with van der Waals surface area (Å²) >= 11 is 0. The van der Waals surface area contributed by atoms with Gasteiger partial charge in [0.25, 0.3) is 0 Å². The van der Waals surface area contributed by atoms with Gasteiger partial charge in [-0.05, 0) is 72.2 Å². The van der Waals surface area contributed by atoms with E-state index >= 15 is 0 Å². The number of fused-ring (bicyclic) bond motifs is 4. The first-order valence-corrected chi connectivity index (χ1v) is 16.6. The van der Waals surface area contributed by atoms with Crippen molar-refractivity contribution in [2.75, 3.05) is 4.90 Å². The molecule has 2 unspecified atom stereocenters. The molecule has 5 aromatic carbocycles. The molecule has 0 saturated carbocycles. The van der Waals surface area contributed by atoms with E-state index in [1.807, 2.05) is 6.07 Å². The summed E-state index contributed by atoms with van der Waals surface area (Å²) in [7, 11) is 0. The highest BCUT2D eigenvalue weighted by atomic mass is 15.2. The molecule has 48 heavy (non-hydrogen) atoms. The maximum absolute atomic E-state index is 5.26. The Morgan fingerprint density at radius 1 is 0.625 bits per heavy atom. The molecule has 1 aliphatic heterocycles. The second-order valence-electron chi connectivity index (χ2n) is 12.4. The van der Waals surface area contributed by atoms with Crippen LogP contribution in [0.25, 0.3) is 34.1 Å². The smallest absolute Gasteiger partial charge is 0.0944 e. The zero-order valence-electron chi connectivity index (χ0n) is 26.4. The Hall–Kier alpha value is -6.13. The van der Waals surface area contributed by atoms with Gasteiger partial charge in [-0.1, -0.05) is 121 Å². The van der Waals surface area contributed by atoms with Crippen molar-refractivity contribution in [3.63, 3.8) is 0 Å². The molecular weight excluding hydrogens is 585 g/mol. The molecule has 0 saturated heterocycles. The maximum Gasteiger partial charge on any atom is 0.0944 e. The standard InChI is InChI=1S/C44H34N4/c1-5-15-31(16-6-1)43-44(32-17-7-2-8-18-32)46-40-30-36(25-27-39(40)45-43)48-41-24-14-13-23-37(41)38-29-35(26-28-42(38)48)47(33-19-9-3-10-20-33)34-21-11-4-12-22-34/h1-28,30,35,40,46H,29H2. The topological polar surface area (TPSA) is 32.6 Å². The third-order valence-corrected chi connectivity index (χ3v) is 9.54. The van der Waals surface area contributed by atoms with Crippen molar-refractivity contribution >= 4 is 51.2 Å². The summed E-state index contributed by atoms with van der Waals surface area (Å²) in [5.41, 5.74) is 12.6. The average Bonchev–Trinajstić information content (AvgIpc) is 3.49. The normalized spacial score (nSPS) is 18.1. The lowest BCUT2D eigenvalue weighted by molar-refractivity contribution is 0.767. The highest BCUT2D eigenvalue weighted by Gasteiger charge is 2.30. The Kier molecular flexibility index (Phi) is 6.98. The summed E-state index contributed by atoms with van der Waals surface area (Å²) in [5, 5.41) is 5.18. The largest absolute Gasteiger partial charge is 0.371 e. The number of benzene rings is 5. The van der Waals surface area contributed by atoms with Crippen LogP contribution in [0.5, 0.6) is 0 Å². The van der Waals surface area contributed by atoms with Gasteiger partial charge in [-0.3, -0.25) is 0 Å². The molecule has 6 aromatic rings. The third kappa shape index (κ3) is 4.90. The van der Waals surface area contributed by atoms with E-state index in [0.717, 1.165) is 40.4 Å². The van der Waals surface area contributed by atoms with E-state index in [0.29, 0.717) is 0 Å². The quantitative estimate of drug-likeness (QED) is 0.202. The molecule has 230 valence electrons. The molecule has 2 aliphatic carbocycles. The number of nitrogens with zero attached hydrogens (tertiary/aromatic N) is 3. The summed E-state index contributed by atoms with van der Waals surface area (Å²) in [6, 6.07) is 51.4. The molecule has 2 atom stereocenters. The van der Waals surface area contributed by atoms with Crippen LogP contribution >= 0.6 is 0 Å². The lowest BCUT2D eigenvalue weighted by Crippen LogP contribution is -2.38. The van der Waals surface area contributed by atoms with Crippen molar-refractivity contribution in [1.29, 1.82) is 0 Å². The first kappa shape index (κ1) is 28.1. The fourth-order valence-corrected chi connectivity index (χ4v) is 7.36. The van der Waals surface area contributed by atoms with Gasteiger partial charge in [0.05, 0.1) is 34.7 Å². The average molecular weight is 619 g/mol. The van der Waals surface area contributed by atoms with Crippen LogP contribution in [0.1, 0.15) is 22.4 Å². The molecule has 0 spiro atoms. The molecule has 2 heterocycles. The van der Waals surface area contributed by atoms with Crippen molar-refractivity contribution in [2.45, 2.75) is 18.5 Å². The van der Waals surface area contributed by atoms with Gasteiger partial charge in [0.15, 0.2) is 0 Å². The van der Waals surface area contributed by atoms with E-state index in [2.05, 4.69) is 185 Å². The van der Waals surface area contributed by atoms with Gasteiger partial charge >= 0.3 is 0 Å². The van der Waals surface area contributed by atoms with Crippen LogP contribution in [0, 0.1) is 0 Å². The van der Waals surface area contributed by atoms with Crippen LogP contribution in [-0.4, -0.2) is 22.4 Å². The minimum atomic E-state index is -0.0588. The summed E-state index contributed by atoms with van der Waals surface area (Å²) in [5.74, 6) is 0. The minimum absolute atomic E-state index is 0.0588. The third-order valence-electron chi connectivity index (χ3n) is 9.54. The minimum Gasteiger partial charge on any atom is -0.371 e. The van der Waals surface area contributed by atoms with Crippen molar-refractivity contribution in [3.8, 4) is 0 Å². The summed E-state index contributed by atoms with van der Waals surface area (Å²) < 4.78 is 2.43. The number of nitrogens with one attached hydrogen (secondary N) is 1. The van der Waals surface area contributed by atoms with Crippen molar-refractivity contribution in [3.05, 3.63) is 192 Å². The van der Waals surface area contributed by atoms with Crippen LogP contribution in [-0.2, 0) is 6.42 Å². The molecule has 1 aromatic heterocycles. The number of aliphatic imine (C=N–C) groups is 1. The summed E-state index contributed by atoms with van der Waals surface area (Å²) in [6.45, 7) is 0. The molecule has 4 nitrogen and oxygen atoms in total. The van der Waals surface area contributed by atoms with E-state index in [1.165, 1.54) is 33.5 Å². The summed E-state index contributed by atoms with van der Waals surface area (Å²) in [4.78, 5) is 7.72. The van der Waals surface area contributed by atoms with E-state index < -0.39 is 0 Å². The lowest BCUT2D eigenvalue weighted by atomic mass is 9.94. The van der Waals surface area contributed by atoms with Gasteiger partial charge in [0, 0.05) is 33.7 Å². The highest BCUT2D eigenvalue weighted by Crippen LogP contribution is 2.39. The fraction of sp³-hybridized carbons (Fsp3) is 0.0682. The molecule has 0 fully saturated rings. The summed E-state index contributed by atoms with van der Waals surface area (Å²) in [6.07, 6.45) is 12.3. The Balaban J connectivity index is 1.12. The molecule has 0 amide bonds. The number of allylic oxidation sites excluding steroid dienone is 2. The second kappa shape index (κ2) is 11.9. The first-order valence-electron chi connectivity index (χ1n) is 16.6. The van der Waals surface area contributed by atoms with E-state index in [-0.39, 0.29) is 12.1 Å². The zero-order valence-corrected chi connectivity index (χ0v) is 26.4. The van der Waals surface area contributed by atoms with Crippen LogP contribution in [0.15, 0.2) is 175 Å². The second-order valence-corrected chi connectivity index (χ2v) is 12.4. The van der Waals surface area contributed by atoms with Gasteiger partial charge in [0.2, 0.25) is 0 Å². The van der Waals surface area contributed by atoms with Gasteiger partial charge < -0.3 is 14.8 Å². The van der Waals surface area contributed by atoms with E-state index in [1.54, 1.807) is 0 Å². The van der Waals surface area contributed by atoms with Crippen LogP contribution < -0.4 is 10.2 Å². The predicted molar refractivity (Wildman–Crippen MR) is 201 cm³/mol. The van der Waals surface area contributed by atoms with Crippen molar-refractivity contribution < 1.29 is 0 Å². The number of hydrogen-bond donors (Lipinski definition) is 1. The number of anilines is 2. The molecule has 1 N–H and O–H groups in total. The molecule has 0 radical (unpaired) electrons. The monoisotopic (exact) mass is 618 g/mol. The maximum atomic E-state index is 5.26. The van der Waals surface area contributed by atoms with Gasteiger partial charge in [-0.2, -0.15) is 0 Å². The number of aromatic nitrogens is 1. The molecule has 3 aliphatic rings. The Bertz CT molecular complexity index is 2230. The molecule has 0 bridgehead atoms. The Labute approximate surface area is 281 Å². The highest BCUT2D eigenvalue weighted by molar-refractivity contribution is 6.12. The lowest BCUT2D eigenvalue weighted by Gasteiger charge is -2.34. The SMILES string of the molecule is C1=CC2=NC(c3ccccc3)=C(c3ccccc3)NC2C=C1n1c2c(c3ccccc31)CC(N(c1ccccc1)c1ccccc1)C=C2. The first-order chi connectivity index (χ1) is 23.8. The molecular formula is C44H34N4. The van der Waals surface area contributed by atoms with Crippen LogP contribution in [0.2, 0.25) is 0 Å². The van der Waals surface area contributed by atoms with E-state index in [4.69, 9.17) is 4.99 Å². The number of rotatable bonds is 6. The Morgan fingerprint density at radius 3 is 1.92 bits per heavy atom. The zero-order chi connectivity index (χ0) is 31.9. The van der Waals surface area contributed by atoms with Gasteiger partial charge in [-0.15, -0.1) is 0 Å². The Morgan fingerprint density at radius 2 is 1.23 bits per heavy atom. The van der Waals surface area contributed by atoms with Gasteiger partial charge in [-0.25, -0.2) is 4.99 Å². The van der Waals surface area contributed by atoms with Crippen LogP contribution in [0.4, 0.5) is 11.4 Å².